The van der Waals surface area contributed by atoms with Crippen LogP contribution in [0.4, 0.5) is 0 Å². The molecule has 2 heteroatoms. The Kier molecular flexibility index (Phi) is 2.86. The Bertz CT molecular complexity index is 641. The topological polar surface area (TPSA) is 26.3 Å². The van der Waals surface area contributed by atoms with Crippen molar-refractivity contribution in [3.05, 3.63) is 64.7 Å². The molecule has 0 spiro atoms. The molecular weight excluding hydrogens is 236 g/mol. The highest BCUT2D eigenvalue weighted by atomic mass is 16.5. The highest BCUT2D eigenvalue weighted by Gasteiger charge is 2.22. The Hall–Kier alpha value is -2.09. The maximum absolute atomic E-state index is 12.6. The summed E-state index contributed by atoms with van der Waals surface area (Å²) in [6.45, 7) is 4.70. The van der Waals surface area contributed by atoms with Gasteiger partial charge in [-0.05, 0) is 23.6 Å². The fourth-order valence-electron chi connectivity index (χ4n) is 2.38. The van der Waals surface area contributed by atoms with Gasteiger partial charge in [0.25, 0.3) is 0 Å². The van der Waals surface area contributed by atoms with Crippen molar-refractivity contribution in [2.24, 2.45) is 0 Å². The molecule has 0 atom stereocenters. The molecule has 0 bridgehead atoms. The van der Waals surface area contributed by atoms with E-state index in [-0.39, 0.29) is 5.78 Å². The molecule has 0 N–H and O–H groups in total. The number of ketones is 1. The second kappa shape index (κ2) is 4.54. The van der Waals surface area contributed by atoms with E-state index in [4.69, 9.17) is 4.74 Å². The third-order valence-corrected chi connectivity index (χ3v) is 3.56. The summed E-state index contributed by atoms with van der Waals surface area (Å²) >= 11 is 0. The lowest BCUT2D eigenvalue weighted by atomic mass is 9.95. The van der Waals surface area contributed by atoms with Gasteiger partial charge in [-0.25, -0.2) is 0 Å². The Morgan fingerprint density at radius 2 is 1.84 bits per heavy atom. The Morgan fingerprint density at radius 1 is 1.05 bits per heavy atom. The molecule has 0 aliphatic carbocycles. The number of benzene rings is 2. The molecule has 96 valence electrons. The summed E-state index contributed by atoms with van der Waals surface area (Å²) in [5, 5.41) is 0. The average Bonchev–Trinajstić information content (AvgIpc) is 2.57. The van der Waals surface area contributed by atoms with Gasteiger partial charge in [-0.1, -0.05) is 44.2 Å². The van der Waals surface area contributed by atoms with Crippen molar-refractivity contribution in [2.45, 2.75) is 26.4 Å². The highest BCUT2D eigenvalue weighted by molar-refractivity contribution is 6.12. The van der Waals surface area contributed by atoms with E-state index in [0.29, 0.717) is 23.8 Å². The van der Waals surface area contributed by atoms with Crippen molar-refractivity contribution in [3.8, 4) is 5.75 Å². The molecule has 2 aromatic rings. The summed E-state index contributed by atoms with van der Waals surface area (Å²) in [4.78, 5) is 12.6. The second-order valence-electron chi connectivity index (χ2n) is 5.19. The molecule has 1 aliphatic rings. The first-order valence-corrected chi connectivity index (χ1v) is 6.56. The van der Waals surface area contributed by atoms with E-state index in [1.165, 1.54) is 0 Å². The lowest BCUT2D eigenvalue weighted by molar-refractivity contribution is 0.103. The van der Waals surface area contributed by atoms with E-state index < -0.39 is 0 Å². The third kappa shape index (κ3) is 2.03. The molecule has 0 radical (unpaired) electrons. The van der Waals surface area contributed by atoms with Crippen LogP contribution in [0, 0.1) is 0 Å². The van der Waals surface area contributed by atoms with Crippen molar-refractivity contribution in [3.63, 3.8) is 0 Å². The normalized spacial score (nSPS) is 13.5. The Morgan fingerprint density at radius 3 is 2.63 bits per heavy atom. The minimum absolute atomic E-state index is 0.0607. The zero-order valence-corrected chi connectivity index (χ0v) is 11.1. The number of ether oxygens (including phenoxy) is 1. The van der Waals surface area contributed by atoms with E-state index in [0.717, 1.165) is 16.7 Å². The minimum Gasteiger partial charge on any atom is -0.488 e. The zero-order chi connectivity index (χ0) is 13.4. The summed E-state index contributed by atoms with van der Waals surface area (Å²) in [6.07, 6.45) is 0. The molecule has 0 aromatic heterocycles. The Balaban J connectivity index is 2.16. The van der Waals surface area contributed by atoms with Crippen LogP contribution in [0.25, 0.3) is 0 Å². The molecule has 19 heavy (non-hydrogen) atoms. The van der Waals surface area contributed by atoms with Crippen molar-refractivity contribution < 1.29 is 9.53 Å². The lowest BCUT2D eigenvalue weighted by Crippen LogP contribution is -2.03. The molecule has 2 nitrogen and oxygen atoms in total. The first kappa shape index (κ1) is 12.0. The van der Waals surface area contributed by atoms with Gasteiger partial charge < -0.3 is 4.74 Å². The lowest BCUT2D eigenvalue weighted by Gasteiger charge is -2.10. The molecule has 0 amide bonds. The van der Waals surface area contributed by atoms with Gasteiger partial charge in [0.1, 0.15) is 12.4 Å². The molecule has 1 heterocycles. The van der Waals surface area contributed by atoms with E-state index >= 15 is 0 Å². The van der Waals surface area contributed by atoms with Crippen LogP contribution in [0.15, 0.2) is 42.5 Å². The largest absolute Gasteiger partial charge is 0.488 e. The summed E-state index contributed by atoms with van der Waals surface area (Å²) in [5.41, 5.74) is 3.54. The monoisotopic (exact) mass is 252 g/mol. The van der Waals surface area contributed by atoms with Crippen molar-refractivity contribution in [1.82, 2.24) is 0 Å². The summed E-state index contributed by atoms with van der Waals surface area (Å²) in [7, 11) is 0. The van der Waals surface area contributed by atoms with Crippen molar-refractivity contribution in [2.75, 3.05) is 0 Å². The number of hydrogen-bond donors (Lipinski definition) is 0. The number of fused-ring (bicyclic) bond motifs is 2. The quantitative estimate of drug-likeness (QED) is 0.768. The summed E-state index contributed by atoms with van der Waals surface area (Å²) < 4.78 is 5.76. The van der Waals surface area contributed by atoms with Crippen molar-refractivity contribution >= 4 is 5.78 Å². The predicted molar refractivity (Wildman–Crippen MR) is 74.7 cm³/mol. The van der Waals surface area contributed by atoms with Gasteiger partial charge in [-0.2, -0.15) is 0 Å². The molecule has 0 unspecified atom stereocenters. The second-order valence-corrected chi connectivity index (χ2v) is 5.19. The maximum Gasteiger partial charge on any atom is 0.197 e. The maximum atomic E-state index is 12.6. The molecular formula is C17H16O2. The van der Waals surface area contributed by atoms with Crippen LogP contribution in [-0.2, 0) is 6.61 Å². The molecule has 3 rings (SSSR count). The van der Waals surface area contributed by atoms with Gasteiger partial charge in [-0.15, -0.1) is 0 Å². The van der Waals surface area contributed by atoms with Crippen LogP contribution in [0.3, 0.4) is 0 Å². The fourth-order valence-corrected chi connectivity index (χ4v) is 2.38. The van der Waals surface area contributed by atoms with Gasteiger partial charge in [0, 0.05) is 11.1 Å². The molecule has 0 saturated heterocycles. The van der Waals surface area contributed by atoms with Gasteiger partial charge in [0.15, 0.2) is 5.78 Å². The van der Waals surface area contributed by atoms with Crippen LogP contribution in [0.1, 0.15) is 46.8 Å². The van der Waals surface area contributed by atoms with Crippen LogP contribution in [0.2, 0.25) is 0 Å². The number of carbonyl (C=O) groups is 1. The number of hydrogen-bond acceptors (Lipinski definition) is 2. The molecule has 0 saturated carbocycles. The smallest absolute Gasteiger partial charge is 0.197 e. The van der Waals surface area contributed by atoms with Gasteiger partial charge in [0.2, 0.25) is 0 Å². The highest BCUT2D eigenvalue weighted by Crippen LogP contribution is 2.30. The minimum atomic E-state index is 0.0607. The molecule has 0 fully saturated rings. The molecule has 2 aromatic carbocycles. The third-order valence-electron chi connectivity index (χ3n) is 3.56. The first-order chi connectivity index (χ1) is 9.16. The number of carbonyl (C=O) groups excluding carboxylic acids is 1. The zero-order valence-electron chi connectivity index (χ0n) is 11.1. The SMILES string of the molecule is CC(C)c1ccc2c(c1)C(=O)c1ccccc1CO2. The summed E-state index contributed by atoms with van der Waals surface area (Å²) in [6, 6.07) is 13.6. The van der Waals surface area contributed by atoms with Gasteiger partial charge >= 0.3 is 0 Å². The molecule has 1 aliphatic heterocycles. The Labute approximate surface area is 113 Å². The van der Waals surface area contributed by atoms with E-state index in [2.05, 4.69) is 13.8 Å². The standard InChI is InChI=1S/C17H16O2/c1-11(2)12-7-8-16-15(9-12)17(18)14-6-4-3-5-13(14)10-19-16/h3-9,11H,10H2,1-2H3. The van der Waals surface area contributed by atoms with E-state index in [1.807, 2.05) is 42.5 Å². The first-order valence-electron chi connectivity index (χ1n) is 6.56. The van der Waals surface area contributed by atoms with Gasteiger partial charge in [0.05, 0.1) is 5.56 Å². The van der Waals surface area contributed by atoms with E-state index in [1.54, 1.807) is 0 Å². The van der Waals surface area contributed by atoms with Crippen LogP contribution in [-0.4, -0.2) is 5.78 Å². The van der Waals surface area contributed by atoms with Crippen molar-refractivity contribution in [1.29, 1.82) is 0 Å². The van der Waals surface area contributed by atoms with E-state index in [9.17, 15) is 4.79 Å². The van der Waals surface area contributed by atoms with Gasteiger partial charge in [-0.3, -0.25) is 4.79 Å². The average molecular weight is 252 g/mol. The van der Waals surface area contributed by atoms with Crippen LogP contribution >= 0.6 is 0 Å². The van der Waals surface area contributed by atoms with Crippen LogP contribution < -0.4 is 4.74 Å². The van der Waals surface area contributed by atoms with Crippen LogP contribution in [0.5, 0.6) is 5.75 Å². The number of rotatable bonds is 1. The fraction of sp³-hybridized carbons (Fsp3) is 0.235. The predicted octanol–water partition coefficient (Wildman–Crippen LogP) is 3.93. The summed E-state index contributed by atoms with van der Waals surface area (Å²) in [5.74, 6) is 1.15.